The maximum Gasteiger partial charge on any atom is 0.272 e. The molecule has 0 saturated heterocycles. The van der Waals surface area contributed by atoms with Crippen molar-refractivity contribution in [3.05, 3.63) is 59.3 Å². The minimum Gasteiger partial charge on any atom is -0.494 e. The van der Waals surface area contributed by atoms with E-state index in [0.29, 0.717) is 18.8 Å². The minimum atomic E-state index is -0.811. The lowest BCUT2D eigenvalue weighted by molar-refractivity contribution is 0.101. The van der Waals surface area contributed by atoms with Crippen LogP contribution in [0, 0.1) is 18.6 Å². The molecule has 0 fully saturated rings. The van der Waals surface area contributed by atoms with E-state index >= 15 is 0 Å². The standard InChI is InChI=1S/C20H20F2N2O2/c1-4-24-18-9-7-14(26-5-2)11-15(18)12(3)19(24)20(25)23-17-8-6-13(21)10-16(17)22/h6-11H,4-5H2,1-3H3,(H,23,25). The Labute approximate surface area is 150 Å². The molecular weight excluding hydrogens is 338 g/mol. The van der Waals surface area contributed by atoms with Crippen LogP contribution in [-0.4, -0.2) is 17.1 Å². The molecule has 1 amide bonds. The summed E-state index contributed by atoms with van der Waals surface area (Å²) in [6.45, 7) is 6.82. The Morgan fingerprint density at radius 2 is 1.92 bits per heavy atom. The van der Waals surface area contributed by atoms with Crippen molar-refractivity contribution in [2.45, 2.75) is 27.3 Å². The molecule has 1 N–H and O–H groups in total. The highest BCUT2D eigenvalue weighted by Gasteiger charge is 2.21. The predicted octanol–water partition coefficient (Wildman–Crippen LogP) is 4.90. The van der Waals surface area contributed by atoms with Gasteiger partial charge in [0.05, 0.1) is 12.3 Å². The number of anilines is 1. The van der Waals surface area contributed by atoms with Gasteiger partial charge in [0.15, 0.2) is 0 Å². The zero-order valence-corrected chi connectivity index (χ0v) is 14.9. The lowest BCUT2D eigenvalue weighted by atomic mass is 10.1. The van der Waals surface area contributed by atoms with Gasteiger partial charge in [-0.3, -0.25) is 4.79 Å². The lowest BCUT2D eigenvalue weighted by Gasteiger charge is -2.10. The molecule has 136 valence electrons. The van der Waals surface area contributed by atoms with Gasteiger partial charge in [0.1, 0.15) is 23.1 Å². The first-order valence-electron chi connectivity index (χ1n) is 8.48. The van der Waals surface area contributed by atoms with Crippen molar-refractivity contribution in [1.29, 1.82) is 0 Å². The molecule has 1 aromatic heterocycles. The van der Waals surface area contributed by atoms with Gasteiger partial charge >= 0.3 is 0 Å². The Kier molecular flexibility index (Phi) is 4.93. The second-order valence-electron chi connectivity index (χ2n) is 5.91. The summed E-state index contributed by atoms with van der Waals surface area (Å²) in [7, 11) is 0. The SMILES string of the molecule is CCOc1ccc2c(c1)c(C)c(C(=O)Nc1ccc(F)cc1F)n2CC. The van der Waals surface area contributed by atoms with E-state index in [1.165, 1.54) is 6.07 Å². The van der Waals surface area contributed by atoms with Crippen molar-refractivity contribution in [3.8, 4) is 5.75 Å². The van der Waals surface area contributed by atoms with Crippen molar-refractivity contribution in [2.24, 2.45) is 0 Å². The summed E-state index contributed by atoms with van der Waals surface area (Å²) in [4.78, 5) is 12.8. The summed E-state index contributed by atoms with van der Waals surface area (Å²) in [6, 6.07) is 8.73. The summed E-state index contributed by atoms with van der Waals surface area (Å²) in [5.41, 5.74) is 2.07. The first kappa shape index (κ1) is 17.9. The number of nitrogens with one attached hydrogen (secondary N) is 1. The Hall–Kier alpha value is -2.89. The maximum absolute atomic E-state index is 13.9. The summed E-state index contributed by atoms with van der Waals surface area (Å²) >= 11 is 0. The molecular formula is C20H20F2N2O2. The molecule has 0 saturated carbocycles. The van der Waals surface area contributed by atoms with E-state index in [-0.39, 0.29) is 5.69 Å². The highest BCUT2D eigenvalue weighted by molar-refractivity contribution is 6.08. The Balaban J connectivity index is 2.05. The molecule has 0 aliphatic heterocycles. The smallest absolute Gasteiger partial charge is 0.272 e. The molecule has 4 nitrogen and oxygen atoms in total. The normalized spacial score (nSPS) is 11.0. The molecule has 6 heteroatoms. The number of amides is 1. The first-order valence-corrected chi connectivity index (χ1v) is 8.48. The van der Waals surface area contributed by atoms with E-state index in [1.807, 2.05) is 43.5 Å². The van der Waals surface area contributed by atoms with Gasteiger partial charge in [-0.15, -0.1) is 0 Å². The molecule has 2 aromatic carbocycles. The second-order valence-corrected chi connectivity index (χ2v) is 5.91. The third-order valence-electron chi connectivity index (χ3n) is 4.31. The molecule has 0 radical (unpaired) electrons. The Morgan fingerprint density at radius 1 is 1.15 bits per heavy atom. The predicted molar refractivity (Wildman–Crippen MR) is 97.8 cm³/mol. The lowest BCUT2D eigenvalue weighted by Crippen LogP contribution is -2.18. The fourth-order valence-electron chi connectivity index (χ4n) is 3.15. The summed E-state index contributed by atoms with van der Waals surface area (Å²) in [5.74, 6) is -1.21. The second kappa shape index (κ2) is 7.15. The van der Waals surface area contributed by atoms with Crippen molar-refractivity contribution in [3.63, 3.8) is 0 Å². The number of carbonyl (C=O) groups is 1. The van der Waals surface area contributed by atoms with E-state index in [4.69, 9.17) is 4.74 Å². The first-order chi connectivity index (χ1) is 12.5. The quantitative estimate of drug-likeness (QED) is 0.705. The van der Waals surface area contributed by atoms with E-state index < -0.39 is 17.5 Å². The fraction of sp³-hybridized carbons (Fsp3) is 0.250. The number of hydrogen-bond donors (Lipinski definition) is 1. The number of halogens is 2. The van der Waals surface area contributed by atoms with Gasteiger partial charge in [-0.2, -0.15) is 0 Å². The molecule has 0 atom stereocenters. The Morgan fingerprint density at radius 3 is 2.58 bits per heavy atom. The van der Waals surface area contributed by atoms with Gasteiger partial charge in [0.25, 0.3) is 5.91 Å². The van der Waals surface area contributed by atoms with Crippen molar-refractivity contribution in [1.82, 2.24) is 4.57 Å². The van der Waals surface area contributed by atoms with Gasteiger partial charge < -0.3 is 14.6 Å². The molecule has 0 aliphatic carbocycles. The monoisotopic (exact) mass is 358 g/mol. The van der Waals surface area contributed by atoms with E-state index in [9.17, 15) is 13.6 Å². The highest BCUT2D eigenvalue weighted by Crippen LogP contribution is 2.30. The number of benzene rings is 2. The number of fused-ring (bicyclic) bond motifs is 1. The van der Waals surface area contributed by atoms with Gasteiger partial charge in [-0.05, 0) is 56.7 Å². The van der Waals surface area contributed by atoms with Gasteiger partial charge in [0, 0.05) is 23.5 Å². The number of carbonyl (C=O) groups excluding carboxylic acids is 1. The van der Waals surface area contributed by atoms with Crippen LogP contribution < -0.4 is 10.1 Å². The summed E-state index contributed by atoms with van der Waals surface area (Å²) in [5, 5.41) is 3.44. The van der Waals surface area contributed by atoms with Crippen LogP contribution in [0.3, 0.4) is 0 Å². The molecule has 0 unspecified atom stereocenters. The third kappa shape index (κ3) is 3.14. The van der Waals surface area contributed by atoms with Crippen LogP contribution in [0.2, 0.25) is 0 Å². The van der Waals surface area contributed by atoms with Crippen LogP contribution in [0.25, 0.3) is 10.9 Å². The van der Waals surface area contributed by atoms with Crippen LogP contribution in [0.5, 0.6) is 5.75 Å². The van der Waals surface area contributed by atoms with Crippen molar-refractivity contribution < 1.29 is 18.3 Å². The van der Waals surface area contributed by atoms with Gasteiger partial charge in [-0.25, -0.2) is 8.78 Å². The van der Waals surface area contributed by atoms with Gasteiger partial charge in [0.2, 0.25) is 0 Å². The average molecular weight is 358 g/mol. The fourth-order valence-corrected chi connectivity index (χ4v) is 3.15. The van der Waals surface area contributed by atoms with Crippen molar-refractivity contribution in [2.75, 3.05) is 11.9 Å². The number of hydrogen-bond acceptors (Lipinski definition) is 2. The van der Waals surface area contributed by atoms with Gasteiger partial charge in [-0.1, -0.05) is 0 Å². The largest absolute Gasteiger partial charge is 0.494 e. The highest BCUT2D eigenvalue weighted by atomic mass is 19.1. The number of aryl methyl sites for hydroxylation is 2. The van der Waals surface area contributed by atoms with Crippen LogP contribution in [0.15, 0.2) is 36.4 Å². The molecule has 0 bridgehead atoms. The van der Waals surface area contributed by atoms with Crippen molar-refractivity contribution >= 4 is 22.5 Å². The zero-order chi connectivity index (χ0) is 18.8. The van der Waals surface area contributed by atoms with Crippen LogP contribution in [0.1, 0.15) is 29.9 Å². The molecule has 3 rings (SSSR count). The van der Waals surface area contributed by atoms with Crippen LogP contribution in [-0.2, 0) is 6.54 Å². The zero-order valence-electron chi connectivity index (χ0n) is 14.9. The maximum atomic E-state index is 13.9. The minimum absolute atomic E-state index is 0.0567. The van der Waals surface area contributed by atoms with E-state index in [2.05, 4.69) is 5.32 Å². The number of aromatic nitrogens is 1. The summed E-state index contributed by atoms with van der Waals surface area (Å²) < 4.78 is 34.3. The van der Waals surface area contributed by atoms with Crippen LogP contribution >= 0.6 is 0 Å². The molecule has 26 heavy (non-hydrogen) atoms. The molecule has 0 aliphatic rings. The summed E-state index contributed by atoms with van der Waals surface area (Å²) in [6.07, 6.45) is 0. The topological polar surface area (TPSA) is 43.3 Å². The molecule has 1 heterocycles. The third-order valence-corrected chi connectivity index (χ3v) is 4.31. The molecule has 3 aromatic rings. The van der Waals surface area contributed by atoms with E-state index in [1.54, 1.807) is 0 Å². The molecule has 0 spiro atoms. The number of rotatable bonds is 5. The Bertz CT molecular complexity index is 980. The number of ether oxygens (including phenoxy) is 1. The van der Waals surface area contributed by atoms with Crippen LogP contribution in [0.4, 0.5) is 14.5 Å². The number of nitrogens with zero attached hydrogens (tertiary/aromatic N) is 1. The van der Waals surface area contributed by atoms with E-state index in [0.717, 1.165) is 34.3 Å². The average Bonchev–Trinajstić information content (AvgIpc) is 2.89.